The van der Waals surface area contributed by atoms with Gasteiger partial charge in [-0.2, -0.15) is 0 Å². The molecule has 112 valence electrons. The van der Waals surface area contributed by atoms with Crippen LogP contribution in [0.1, 0.15) is 47.5 Å². The number of carbonyl (C=O) groups is 1. The van der Waals surface area contributed by atoms with Crippen LogP contribution in [0.3, 0.4) is 0 Å². The fourth-order valence-corrected chi connectivity index (χ4v) is 2.29. The first-order valence-corrected chi connectivity index (χ1v) is 7.48. The smallest absolute Gasteiger partial charge is 0.223 e. The third-order valence-corrected chi connectivity index (χ3v) is 4.49. The molecule has 0 spiro atoms. The van der Waals surface area contributed by atoms with E-state index in [1.54, 1.807) is 6.92 Å². The number of piperidine rings is 1. The predicted molar refractivity (Wildman–Crippen MR) is 77.9 cm³/mol. The average molecular weight is 270 g/mol. The lowest BCUT2D eigenvalue weighted by molar-refractivity contribution is -0.128. The van der Waals surface area contributed by atoms with Crippen LogP contribution in [0.15, 0.2) is 0 Å². The quantitative estimate of drug-likeness (QED) is 0.798. The Kier molecular flexibility index (Phi) is 5.81. The summed E-state index contributed by atoms with van der Waals surface area (Å²) in [6.07, 6.45) is 1.85. The molecular weight excluding hydrogens is 240 g/mol. The topological polar surface area (TPSA) is 52.6 Å². The third kappa shape index (κ3) is 4.77. The highest BCUT2D eigenvalue weighted by atomic mass is 16.3. The number of rotatable bonds is 5. The van der Waals surface area contributed by atoms with Crippen LogP contribution in [0, 0.1) is 11.8 Å². The summed E-state index contributed by atoms with van der Waals surface area (Å²) in [5.41, 5.74) is -0.825. The molecule has 4 heteroatoms. The highest BCUT2D eigenvalue weighted by Crippen LogP contribution is 2.20. The second kappa shape index (κ2) is 6.71. The lowest BCUT2D eigenvalue weighted by atomic mass is 9.91. The summed E-state index contributed by atoms with van der Waals surface area (Å²) in [7, 11) is 0. The van der Waals surface area contributed by atoms with Gasteiger partial charge in [0.05, 0.1) is 5.60 Å². The van der Waals surface area contributed by atoms with E-state index in [1.807, 2.05) is 13.8 Å². The maximum Gasteiger partial charge on any atom is 0.223 e. The Hall–Kier alpha value is -0.610. The molecule has 1 saturated heterocycles. The number of likely N-dealkylation sites (tertiary alicyclic amines) is 1. The minimum atomic E-state index is -0.825. The molecule has 0 aromatic heterocycles. The Morgan fingerprint density at radius 1 is 1.32 bits per heavy atom. The molecule has 4 nitrogen and oxygen atoms in total. The zero-order valence-corrected chi connectivity index (χ0v) is 13.1. The Labute approximate surface area is 117 Å². The van der Waals surface area contributed by atoms with Crippen molar-refractivity contribution in [2.75, 3.05) is 19.6 Å². The summed E-state index contributed by atoms with van der Waals surface area (Å²) < 4.78 is 0. The minimum Gasteiger partial charge on any atom is -0.388 e. The van der Waals surface area contributed by atoms with Gasteiger partial charge in [-0.15, -0.1) is 0 Å². The monoisotopic (exact) mass is 270 g/mol. The average Bonchev–Trinajstić information content (AvgIpc) is 2.36. The standard InChI is InChI=1S/C15H30N2O2/c1-11(2)15(5,19)10-16-14(18)13-6-8-17(9-7-13)12(3)4/h11-13,19H,6-10H2,1-5H3,(H,16,18). The lowest BCUT2D eigenvalue weighted by Crippen LogP contribution is -2.48. The molecule has 1 unspecified atom stereocenters. The maximum absolute atomic E-state index is 12.1. The molecule has 19 heavy (non-hydrogen) atoms. The molecule has 1 aliphatic heterocycles. The summed E-state index contributed by atoms with van der Waals surface area (Å²) in [5, 5.41) is 13.0. The van der Waals surface area contributed by atoms with Gasteiger partial charge in [0.15, 0.2) is 0 Å². The SMILES string of the molecule is CC(C)N1CCC(C(=O)NCC(C)(O)C(C)C)CC1. The van der Waals surface area contributed by atoms with Gasteiger partial charge in [0.2, 0.25) is 5.91 Å². The van der Waals surface area contributed by atoms with Crippen molar-refractivity contribution in [3.05, 3.63) is 0 Å². The Morgan fingerprint density at radius 3 is 2.26 bits per heavy atom. The van der Waals surface area contributed by atoms with E-state index >= 15 is 0 Å². The van der Waals surface area contributed by atoms with Crippen LogP contribution in [0.4, 0.5) is 0 Å². The Morgan fingerprint density at radius 2 is 1.84 bits per heavy atom. The van der Waals surface area contributed by atoms with E-state index in [0.29, 0.717) is 12.6 Å². The third-order valence-electron chi connectivity index (χ3n) is 4.49. The fourth-order valence-electron chi connectivity index (χ4n) is 2.29. The number of nitrogens with zero attached hydrogens (tertiary/aromatic N) is 1. The van der Waals surface area contributed by atoms with Gasteiger partial charge >= 0.3 is 0 Å². The minimum absolute atomic E-state index is 0.101. The molecule has 0 saturated carbocycles. The van der Waals surface area contributed by atoms with Crippen molar-refractivity contribution >= 4 is 5.91 Å². The predicted octanol–water partition coefficient (Wildman–Crippen LogP) is 1.63. The van der Waals surface area contributed by atoms with Crippen LogP contribution >= 0.6 is 0 Å². The molecule has 0 aromatic rings. The summed E-state index contributed by atoms with van der Waals surface area (Å²) in [6.45, 7) is 12.4. The van der Waals surface area contributed by atoms with Gasteiger partial charge < -0.3 is 15.3 Å². The normalized spacial score (nSPS) is 21.7. The summed E-state index contributed by atoms with van der Waals surface area (Å²) in [4.78, 5) is 14.5. The fraction of sp³-hybridized carbons (Fsp3) is 0.933. The van der Waals surface area contributed by atoms with Gasteiger partial charge in [0, 0.05) is 18.5 Å². The Balaban J connectivity index is 2.36. The van der Waals surface area contributed by atoms with E-state index in [9.17, 15) is 9.90 Å². The first-order valence-electron chi connectivity index (χ1n) is 7.48. The Bertz CT molecular complexity index is 293. The van der Waals surface area contributed by atoms with Gasteiger partial charge in [0.1, 0.15) is 0 Å². The van der Waals surface area contributed by atoms with Crippen LogP contribution in [0.25, 0.3) is 0 Å². The summed E-state index contributed by atoms with van der Waals surface area (Å²) in [6, 6.07) is 0.561. The molecule has 2 N–H and O–H groups in total. The number of nitrogens with one attached hydrogen (secondary N) is 1. The van der Waals surface area contributed by atoms with E-state index in [1.165, 1.54) is 0 Å². The number of amides is 1. The number of carbonyl (C=O) groups excluding carboxylic acids is 1. The first kappa shape index (κ1) is 16.4. The zero-order chi connectivity index (χ0) is 14.6. The van der Waals surface area contributed by atoms with Crippen molar-refractivity contribution in [1.29, 1.82) is 0 Å². The second-order valence-corrected chi connectivity index (χ2v) is 6.63. The van der Waals surface area contributed by atoms with E-state index in [2.05, 4.69) is 24.1 Å². The van der Waals surface area contributed by atoms with Gasteiger partial charge in [-0.05, 0) is 52.6 Å². The van der Waals surface area contributed by atoms with Crippen LogP contribution < -0.4 is 5.32 Å². The van der Waals surface area contributed by atoms with Crippen molar-refractivity contribution in [3.8, 4) is 0 Å². The zero-order valence-electron chi connectivity index (χ0n) is 13.1. The highest BCUT2D eigenvalue weighted by Gasteiger charge is 2.29. The largest absolute Gasteiger partial charge is 0.388 e. The first-order chi connectivity index (χ1) is 8.74. The molecule has 1 atom stereocenters. The molecule has 1 rings (SSSR count). The van der Waals surface area contributed by atoms with Gasteiger partial charge in [-0.25, -0.2) is 0 Å². The molecule has 1 heterocycles. The van der Waals surface area contributed by atoms with E-state index in [4.69, 9.17) is 0 Å². The number of hydrogen-bond acceptors (Lipinski definition) is 3. The van der Waals surface area contributed by atoms with Crippen molar-refractivity contribution in [2.24, 2.45) is 11.8 Å². The highest BCUT2D eigenvalue weighted by molar-refractivity contribution is 5.78. The van der Waals surface area contributed by atoms with Gasteiger partial charge in [-0.1, -0.05) is 13.8 Å². The van der Waals surface area contributed by atoms with Crippen LogP contribution in [0.2, 0.25) is 0 Å². The molecule has 1 amide bonds. The molecule has 0 aromatic carbocycles. The molecule has 1 fully saturated rings. The second-order valence-electron chi connectivity index (χ2n) is 6.63. The summed E-state index contributed by atoms with van der Waals surface area (Å²) in [5.74, 6) is 0.345. The van der Waals surface area contributed by atoms with Gasteiger partial charge in [0.25, 0.3) is 0 Å². The van der Waals surface area contributed by atoms with E-state index in [0.717, 1.165) is 25.9 Å². The summed E-state index contributed by atoms with van der Waals surface area (Å²) >= 11 is 0. The van der Waals surface area contributed by atoms with Crippen molar-refractivity contribution in [2.45, 2.75) is 59.1 Å². The molecule has 1 aliphatic rings. The van der Waals surface area contributed by atoms with Crippen molar-refractivity contribution in [3.63, 3.8) is 0 Å². The molecular formula is C15H30N2O2. The van der Waals surface area contributed by atoms with Crippen LogP contribution in [-0.4, -0.2) is 47.2 Å². The molecule has 0 aliphatic carbocycles. The van der Waals surface area contributed by atoms with Crippen LogP contribution in [-0.2, 0) is 4.79 Å². The van der Waals surface area contributed by atoms with Gasteiger partial charge in [-0.3, -0.25) is 4.79 Å². The number of aliphatic hydroxyl groups is 1. The molecule has 0 bridgehead atoms. The number of hydrogen-bond donors (Lipinski definition) is 2. The van der Waals surface area contributed by atoms with Crippen molar-refractivity contribution < 1.29 is 9.90 Å². The maximum atomic E-state index is 12.1. The molecule has 0 radical (unpaired) electrons. The van der Waals surface area contributed by atoms with E-state index in [-0.39, 0.29) is 17.7 Å². The van der Waals surface area contributed by atoms with Crippen molar-refractivity contribution in [1.82, 2.24) is 10.2 Å². The van der Waals surface area contributed by atoms with Crippen LogP contribution in [0.5, 0.6) is 0 Å². The lowest BCUT2D eigenvalue weighted by Gasteiger charge is -2.34. The van der Waals surface area contributed by atoms with E-state index < -0.39 is 5.60 Å².